The van der Waals surface area contributed by atoms with Gasteiger partial charge < -0.3 is 9.47 Å². The lowest BCUT2D eigenvalue weighted by Gasteiger charge is -2.38. The largest absolute Gasteiger partial charge is 0.397 e. The molecule has 0 saturated carbocycles. The average Bonchev–Trinajstić information content (AvgIpc) is 2.34. The van der Waals surface area contributed by atoms with Crippen LogP contribution in [0.3, 0.4) is 0 Å². The lowest BCUT2D eigenvalue weighted by atomic mass is 10.0. The van der Waals surface area contributed by atoms with E-state index in [2.05, 4.69) is 12.5 Å². The molecule has 14 nitrogen and oxygen atoms in total. The molecular formula is C7H14O14S3. The number of methoxy groups -OCH3 is 1. The van der Waals surface area contributed by atoms with Crippen molar-refractivity contribution in [2.75, 3.05) is 13.7 Å². The maximum absolute atomic E-state index is 10.8. The van der Waals surface area contributed by atoms with Gasteiger partial charge in [0.15, 0.2) is 12.4 Å². The molecular weight excluding hydrogens is 404 g/mol. The number of hydrogen-bond acceptors (Lipinski definition) is 11. The van der Waals surface area contributed by atoms with E-state index in [1.54, 1.807) is 0 Å². The van der Waals surface area contributed by atoms with E-state index in [0.717, 1.165) is 7.11 Å². The average molecular weight is 418 g/mol. The minimum atomic E-state index is -5.09. The molecule has 0 amide bonds. The number of rotatable bonds is 8. The van der Waals surface area contributed by atoms with Gasteiger partial charge in [0.1, 0.15) is 6.10 Å². The van der Waals surface area contributed by atoms with E-state index in [4.69, 9.17) is 23.1 Å². The summed E-state index contributed by atoms with van der Waals surface area (Å²) in [5.41, 5.74) is 0. The van der Waals surface area contributed by atoms with E-state index < -0.39 is 68.8 Å². The van der Waals surface area contributed by atoms with Gasteiger partial charge in [-0.15, -0.1) is 0 Å². The van der Waals surface area contributed by atoms with Crippen LogP contribution in [0.4, 0.5) is 0 Å². The van der Waals surface area contributed by atoms with Crippen molar-refractivity contribution in [1.29, 1.82) is 0 Å². The van der Waals surface area contributed by atoms with Crippen molar-refractivity contribution >= 4 is 31.2 Å². The van der Waals surface area contributed by atoms with Crippen molar-refractivity contribution < 1.29 is 60.9 Å². The zero-order valence-electron chi connectivity index (χ0n) is 11.8. The molecule has 0 aliphatic carbocycles. The highest BCUT2D eigenvalue weighted by atomic mass is 32.3. The van der Waals surface area contributed by atoms with Gasteiger partial charge in [-0.05, 0) is 0 Å². The number of ether oxygens (including phenoxy) is 2. The van der Waals surface area contributed by atoms with Crippen LogP contribution in [-0.2, 0) is 53.2 Å². The fourth-order valence-electron chi connectivity index (χ4n) is 1.85. The van der Waals surface area contributed by atoms with Crippen molar-refractivity contribution in [1.82, 2.24) is 0 Å². The van der Waals surface area contributed by atoms with E-state index in [0.29, 0.717) is 0 Å². The molecule has 17 heteroatoms. The molecule has 1 heterocycles. The van der Waals surface area contributed by atoms with Gasteiger partial charge in [0.25, 0.3) is 0 Å². The highest BCUT2D eigenvalue weighted by Crippen LogP contribution is 2.28. The van der Waals surface area contributed by atoms with Crippen LogP contribution in [0.15, 0.2) is 0 Å². The van der Waals surface area contributed by atoms with Gasteiger partial charge in [0.05, 0.1) is 12.7 Å². The van der Waals surface area contributed by atoms with Crippen molar-refractivity contribution in [2.45, 2.75) is 31.0 Å². The molecule has 0 radical (unpaired) electrons. The molecule has 1 saturated heterocycles. The van der Waals surface area contributed by atoms with Gasteiger partial charge in [-0.2, -0.15) is 25.3 Å². The van der Waals surface area contributed by atoms with Gasteiger partial charge >= 0.3 is 31.2 Å². The smallest absolute Gasteiger partial charge is 0.353 e. The molecule has 1 aliphatic heterocycles. The third kappa shape index (κ3) is 8.07. The van der Waals surface area contributed by atoms with Crippen molar-refractivity contribution in [3.63, 3.8) is 0 Å². The summed E-state index contributed by atoms with van der Waals surface area (Å²) in [4.78, 5) is 0. The molecule has 0 aromatic carbocycles. The second kappa shape index (κ2) is 7.83. The maximum atomic E-state index is 10.8. The predicted molar refractivity (Wildman–Crippen MR) is 70.6 cm³/mol. The van der Waals surface area contributed by atoms with E-state index in [1.165, 1.54) is 0 Å². The first-order chi connectivity index (χ1) is 10.7. The molecule has 1 aliphatic rings. The summed E-state index contributed by atoms with van der Waals surface area (Å²) in [5.74, 6) is 0. The zero-order chi connectivity index (χ0) is 18.8. The Bertz CT molecular complexity index is 722. The van der Waals surface area contributed by atoms with Gasteiger partial charge in [0, 0.05) is 13.5 Å². The number of hydrogen-bond donors (Lipinski definition) is 3. The highest BCUT2D eigenvalue weighted by molar-refractivity contribution is 7.81. The Hall–Kier alpha value is -0.470. The van der Waals surface area contributed by atoms with Gasteiger partial charge in [-0.3, -0.25) is 13.7 Å². The Morgan fingerprint density at radius 3 is 1.92 bits per heavy atom. The predicted octanol–water partition coefficient (Wildman–Crippen LogP) is -2.06. The van der Waals surface area contributed by atoms with Crippen LogP contribution < -0.4 is 0 Å². The van der Waals surface area contributed by atoms with Gasteiger partial charge in [0.2, 0.25) is 0 Å². The molecule has 0 aromatic heterocycles. The topological polar surface area (TPSA) is 209 Å². The van der Waals surface area contributed by atoms with Crippen molar-refractivity contribution in [3.05, 3.63) is 0 Å². The SMILES string of the molecule is CO[C@H]1OC(COS(=O)(=O)O)C[C@@H](OS(=O)(=O)O)C1OS(=O)(=O)O. The second-order valence-corrected chi connectivity index (χ2v) is 7.55. The maximum Gasteiger partial charge on any atom is 0.397 e. The summed E-state index contributed by atoms with van der Waals surface area (Å²) >= 11 is 0. The Kier molecular flexibility index (Phi) is 7.03. The summed E-state index contributed by atoms with van der Waals surface area (Å²) in [7, 11) is -14.0. The first-order valence-corrected chi connectivity index (χ1v) is 9.91. The van der Waals surface area contributed by atoms with E-state index in [-0.39, 0.29) is 0 Å². The molecule has 2 unspecified atom stereocenters. The molecule has 4 atom stereocenters. The summed E-state index contributed by atoms with van der Waals surface area (Å²) in [6, 6.07) is 0. The molecule has 144 valence electrons. The molecule has 0 spiro atoms. The lowest BCUT2D eigenvalue weighted by molar-refractivity contribution is -0.251. The van der Waals surface area contributed by atoms with E-state index in [1.807, 2.05) is 0 Å². The summed E-state index contributed by atoms with van der Waals surface area (Å²) in [6.45, 7) is -0.817. The van der Waals surface area contributed by atoms with E-state index in [9.17, 15) is 25.3 Å². The zero-order valence-corrected chi connectivity index (χ0v) is 14.2. The van der Waals surface area contributed by atoms with Crippen LogP contribution >= 0.6 is 0 Å². The highest BCUT2D eigenvalue weighted by Gasteiger charge is 2.45. The standard InChI is InChI=1S/C7H14O14S3/c1-17-7-6(21-24(14,15)16)5(20-23(11,12)13)2-4(19-7)3-18-22(8,9)10/h4-7H,2-3H2,1H3,(H,8,9,10)(H,11,12,13)(H,14,15,16)/t4?,5-,6?,7+/m1/s1. The molecule has 24 heavy (non-hydrogen) atoms. The third-order valence-electron chi connectivity index (χ3n) is 2.57. The molecule has 0 bridgehead atoms. The quantitative estimate of drug-likeness (QED) is 0.362. The molecule has 1 rings (SSSR count). The monoisotopic (exact) mass is 418 g/mol. The Morgan fingerprint density at radius 2 is 1.50 bits per heavy atom. The summed E-state index contributed by atoms with van der Waals surface area (Å²) in [6.07, 6.45) is -7.15. The Balaban J connectivity index is 3.02. The van der Waals surface area contributed by atoms with Crippen LogP contribution in [0.2, 0.25) is 0 Å². The van der Waals surface area contributed by atoms with Gasteiger partial charge in [-0.1, -0.05) is 0 Å². The normalized spacial score (nSPS) is 29.5. The third-order valence-corrected chi connectivity index (χ3v) is 3.96. The summed E-state index contributed by atoms with van der Waals surface area (Å²) in [5, 5.41) is 0. The first kappa shape index (κ1) is 21.6. The fourth-order valence-corrected chi connectivity index (χ4v) is 3.17. The van der Waals surface area contributed by atoms with Crippen LogP contribution in [0.25, 0.3) is 0 Å². The molecule has 1 fully saturated rings. The Morgan fingerprint density at radius 1 is 0.958 bits per heavy atom. The minimum absolute atomic E-state index is 0.574. The lowest BCUT2D eigenvalue weighted by Crippen LogP contribution is -2.53. The Labute approximate surface area is 137 Å². The minimum Gasteiger partial charge on any atom is -0.353 e. The molecule has 3 N–H and O–H groups in total. The van der Waals surface area contributed by atoms with Crippen LogP contribution in [0.1, 0.15) is 6.42 Å². The van der Waals surface area contributed by atoms with Crippen LogP contribution in [-0.4, -0.2) is 77.2 Å². The van der Waals surface area contributed by atoms with Crippen LogP contribution in [0, 0.1) is 0 Å². The summed E-state index contributed by atoms with van der Waals surface area (Å²) < 4.78 is 113. The van der Waals surface area contributed by atoms with Crippen LogP contribution in [0.5, 0.6) is 0 Å². The first-order valence-electron chi connectivity index (χ1n) is 5.81. The fraction of sp³-hybridized carbons (Fsp3) is 1.00. The molecule has 0 aromatic rings. The van der Waals surface area contributed by atoms with Crippen molar-refractivity contribution in [2.24, 2.45) is 0 Å². The van der Waals surface area contributed by atoms with Crippen molar-refractivity contribution in [3.8, 4) is 0 Å². The van der Waals surface area contributed by atoms with Gasteiger partial charge in [-0.25, -0.2) is 12.5 Å². The second-order valence-electron chi connectivity index (χ2n) is 4.36. The van der Waals surface area contributed by atoms with E-state index >= 15 is 0 Å².